The monoisotopic (exact) mass is 466 g/mol. The van der Waals surface area contributed by atoms with Gasteiger partial charge < -0.3 is 19.6 Å². The minimum atomic E-state index is -0.889. The number of nitrogens with zero attached hydrogens (tertiary/aromatic N) is 2. The molecule has 1 heterocycles. The van der Waals surface area contributed by atoms with Crippen LogP contribution in [0.1, 0.15) is 17.2 Å². The molecule has 1 fully saturated rings. The van der Waals surface area contributed by atoms with Gasteiger partial charge >= 0.3 is 0 Å². The largest absolute Gasteiger partial charge is 0.507 e. The number of likely N-dealkylation sites (N-methyl/N-ethyl adjacent to an activating group) is 1. The van der Waals surface area contributed by atoms with Crippen LogP contribution in [0.25, 0.3) is 5.76 Å². The van der Waals surface area contributed by atoms with Crippen molar-refractivity contribution in [1.82, 2.24) is 9.80 Å². The van der Waals surface area contributed by atoms with Crippen molar-refractivity contribution in [2.45, 2.75) is 6.04 Å². The summed E-state index contributed by atoms with van der Waals surface area (Å²) in [5.41, 5.74) is 0.535. The van der Waals surface area contributed by atoms with Crippen LogP contribution in [0, 0.1) is 5.82 Å². The first-order valence-electron chi connectivity index (χ1n) is 9.37. The number of rotatable bonds is 6. The number of aliphatic hydroxyl groups excluding tert-OH is 1. The van der Waals surface area contributed by atoms with Crippen molar-refractivity contribution in [2.75, 3.05) is 34.3 Å². The van der Waals surface area contributed by atoms with Gasteiger partial charge in [-0.1, -0.05) is 35.3 Å². The Morgan fingerprint density at radius 2 is 1.74 bits per heavy atom. The molecule has 6 nitrogen and oxygen atoms in total. The number of ketones is 1. The molecule has 1 aliphatic rings. The first-order chi connectivity index (χ1) is 14.6. The Labute approximate surface area is 189 Å². The Morgan fingerprint density at radius 3 is 2.26 bits per heavy atom. The summed E-state index contributed by atoms with van der Waals surface area (Å²) in [6.07, 6.45) is 0. The summed E-state index contributed by atoms with van der Waals surface area (Å²) in [4.78, 5) is 29.0. The highest BCUT2D eigenvalue weighted by Gasteiger charge is 2.46. The third-order valence-electron chi connectivity index (χ3n) is 4.99. The lowest BCUT2D eigenvalue weighted by Gasteiger charge is -2.26. The standard InChI is InChI=1S/C22H21Cl2FN2O4/c1-26(2)8-9-27-18(12-4-6-14(25)7-5-12)17(20(29)22(27)30)19(28)13-10-15(23)21(31-3)16(24)11-13/h4-7,10-11,18,28H,8-9H2,1-3H3/b19-17+. The summed E-state index contributed by atoms with van der Waals surface area (Å²) in [6.45, 7) is 0.728. The maximum absolute atomic E-state index is 13.5. The summed E-state index contributed by atoms with van der Waals surface area (Å²) in [7, 11) is 5.08. The maximum Gasteiger partial charge on any atom is 0.295 e. The van der Waals surface area contributed by atoms with E-state index < -0.39 is 29.3 Å². The lowest BCUT2D eigenvalue weighted by molar-refractivity contribution is -0.140. The third-order valence-corrected chi connectivity index (χ3v) is 5.55. The van der Waals surface area contributed by atoms with Gasteiger partial charge in [0.2, 0.25) is 0 Å². The average molecular weight is 467 g/mol. The predicted molar refractivity (Wildman–Crippen MR) is 117 cm³/mol. The van der Waals surface area contributed by atoms with Gasteiger partial charge in [-0.15, -0.1) is 0 Å². The van der Waals surface area contributed by atoms with Crippen LogP contribution in [0.3, 0.4) is 0 Å². The van der Waals surface area contributed by atoms with Gasteiger partial charge in [0.05, 0.1) is 28.8 Å². The number of carbonyl (C=O) groups is 2. The Balaban J connectivity index is 2.18. The van der Waals surface area contributed by atoms with Crippen LogP contribution in [0.4, 0.5) is 4.39 Å². The van der Waals surface area contributed by atoms with Crippen LogP contribution in [-0.4, -0.2) is 60.9 Å². The first kappa shape index (κ1) is 23.1. The van der Waals surface area contributed by atoms with Crippen molar-refractivity contribution in [1.29, 1.82) is 0 Å². The number of likely N-dealkylation sites (tertiary alicyclic amines) is 1. The third kappa shape index (κ3) is 4.54. The number of hydrogen-bond acceptors (Lipinski definition) is 5. The molecule has 1 saturated heterocycles. The summed E-state index contributed by atoms with van der Waals surface area (Å²) < 4.78 is 18.6. The molecule has 0 aliphatic carbocycles. The molecule has 1 N–H and O–H groups in total. The van der Waals surface area contributed by atoms with E-state index in [9.17, 15) is 19.1 Å². The van der Waals surface area contributed by atoms with E-state index in [1.165, 1.54) is 48.4 Å². The fraction of sp³-hybridized carbons (Fsp3) is 0.273. The number of Topliss-reactive ketones (excluding diaryl/α,β-unsaturated/α-hetero) is 1. The number of hydrogen-bond donors (Lipinski definition) is 1. The Hall–Kier alpha value is -2.61. The molecule has 0 spiro atoms. The number of halogens is 3. The minimum Gasteiger partial charge on any atom is -0.507 e. The molecule has 1 atom stereocenters. The van der Waals surface area contributed by atoms with Crippen LogP contribution in [0.5, 0.6) is 5.75 Å². The Morgan fingerprint density at radius 1 is 1.16 bits per heavy atom. The van der Waals surface area contributed by atoms with Crippen molar-refractivity contribution in [3.63, 3.8) is 0 Å². The number of aliphatic hydroxyl groups is 1. The molecule has 31 heavy (non-hydrogen) atoms. The van der Waals surface area contributed by atoms with E-state index in [0.717, 1.165) is 0 Å². The smallest absolute Gasteiger partial charge is 0.295 e. The van der Waals surface area contributed by atoms with Crippen molar-refractivity contribution in [3.05, 3.63) is 69.0 Å². The molecular formula is C22H21Cl2FN2O4. The van der Waals surface area contributed by atoms with Crippen LogP contribution in [-0.2, 0) is 9.59 Å². The van der Waals surface area contributed by atoms with Crippen LogP contribution < -0.4 is 4.74 Å². The molecule has 1 unspecified atom stereocenters. The number of amides is 1. The maximum atomic E-state index is 13.5. The molecule has 2 aromatic carbocycles. The highest BCUT2D eigenvalue weighted by Crippen LogP contribution is 2.41. The fourth-order valence-electron chi connectivity index (χ4n) is 3.46. The molecule has 0 aromatic heterocycles. The van der Waals surface area contributed by atoms with Crippen molar-refractivity contribution < 1.29 is 23.8 Å². The van der Waals surface area contributed by atoms with Gasteiger partial charge in [0, 0.05) is 18.7 Å². The van der Waals surface area contributed by atoms with Crippen LogP contribution in [0.15, 0.2) is 42.0 Å². The molecule has 0 radical (unpaired) electrons. The number of methoxy groups -OCH3 is 1. The van der Waals surface area contributed by atoms with Crippen molar-refractivity contribution in [3.8, 4) is 5.75 Å². The first-order valence-corrected chi connectivity index (χ1v) is 10.1. The van der Waals surface area contributed by atoms with Gasteiger partial charge in [-0.2, -0.15) is 0 Å². The number of benzene rings is 2. The normalized spacial score (nSPS) is 18.2. The zero-order valence-corrected chi connectivity index (χ0v) is 18.7. The minimum absolute atomic E-state index is 0.118. The van der Waals surface area contributed by atoms with Gasteiger partial charge in [0.1, 0.15) is 11.6 Å². The highest BCUT2D eigenvalue weighted by atomic mass is 35.5. The number of carbonyl (C=O) groups excluding carboxylic acids is 2. The van der Waals surface area contributed by atoms with Gasteiger partial charge in [0.25, 0.3) is 11.7 Å². The van der Waals surface area contributed by atoms with Gasteiger partial charge in [-0.3, -0.25) is 9.59 Å². The van der Waals surface area contributed by atoms with E-state index in [1.807, 2.05) is 19.0 Å². The molecule has 1 aliphatic heterocycles. The van der Waals surface area contributed by atoms with E-state index in [4.69, 9.17) is 27.9 Å². The zero-order chi connectivity index (χ0) is 22.9. The quantitative estimate of drug-likeness (QED) is 0.393. The summed E-state index contributed by atoms with van der Waals surface area (Å²) in [5.74, 6) is -2.24. The Kier molecular flexibility index (Phi) is 6.89. The van der Waals surface area contributed by atoms with Gasteiger partial charge in [-0.05, 0) is 43.9 Å². The molecule has 3 rings (SSSR count). The zero-order valence-electron chi connectivity index (χ0n) is 17.2. The van der Waals surface area contributed by atoms with E-state index in [0.29, 0.717) is 12.1 Å². The molecule has 0 saturated carbocycles. The fourth-order valence-corrected chi connectivity index (χ4v) is 4.10. The van der Waals surface area contributed by atoms with E-state index in [2.05, 4.69) is 0 Å². The van der Waals surface area contributed by atoms with Gasteiger partial charge in [0.15, 0.2) is 5.75 Å². The molecule has 9 heteroatoms. The highest BCUT2D eigenvalue weighted by molar-refractivity contribution is 6.46. The topological polar surface area (TPSA) is 70.1 Å². The van der Waals surface area contributed by atoms with Gasteiger partial charge in [-0.25, -0.2) is 4.39 Å². The van der Waals surface area contributed by atoms with Crippen LogP contribution in [0.2, 0.25) is 10.0 Å². The van der Waals surface area contributed by atoms with E-state index >= 15 is 0 Å². The second-order valence-corrected chi connectivity index (χ2v) is 8.13. The van der Waals surface area contributed by atoms with E-state index in [1.54, 1.807) is 0 Å². The summed E-state index contributed by atoms with van der Waals surface area (Å²) in [6, 6.07) is 7.35. The molecule has 2 aromatic rings. The molecule has 164 valence electrons. The van der Waals surface area contributed by atoms with Crippen molar-refractivity contribution in [2.24, 2.45) is 0 Å². The van der Waals surface area contributed by atoms with E-state index in [-0.39, 0.29) is 33.5 Å². The van der Waals surface area contributed by atoms with Crippen LogP contribution >= 0.6 is 23.2 Å². The second kappa shape index (κ2) is 9.26. The average Bonchev–Trinajstić information content (AvgIpc) is 2.96. The lowest BCUT2D eigenvalue weighted by Crippen LogP contribution is -2.35. The molecular weight excluding hydrogens is 446 g/mol. The molecule has 1 amide bonds. The van der Waals surface area contributed by atoms with Crippen molar-refractivity contribution >= 4 is 40.7 Å². The number of ether oxygens (including phenoxy) is 1. The Bertz CT molecular complexity index is 1030. The summed E-state index contributed by atoms with van der Waals surface area (Å²) in [5, 5.41) is 11.3. The second-order valence-electron chi connectivity index (χ2n) is 7.32. The lowest BCUT2D eigenvalue weighted by atomic mass is 9.95. The SMILES string of the molecule is COc1c(Cl)cc(/C(O)=C2\C(=O)C(=O)N(CCN(C)C)C2c2ccc(F)cc2)cc1Cl. The summed E-state index contributed by atoms with van der Waals surface area (Å²) >= 11 is 12.4. The molecule has 0 bridgehead atoms. The predicted octanol–water partition coefficient (Wildman–Crippen LogP) is 4.12.